The predicted molar refractivity (Wildman–Crippen MR) is 165 cm³/mol. The summed E-state index contributed by atoms with van der Waals surface area (Å²) < 4.78 is 36.9. The standard InChI is InChI=1S/C31H37FN6O6.ClH/c1-7-24(42-21-11-8-19(9-12-21)26-35-29(17(4)5)43-37-26)30-36-27(38-44-30)20-10-13-22(23(32)14-20)28(39)34-18(6)15-41-31(40)25(33)16(2)3;/h8-14,16-18,24-25H,7,15,33H2,1-6H3,(H,34,39);1H/t18-,24?,25+;/m1./s1. The molecular weight excluding hydrogens is 607 g/mol. The molecule has 0 saturated heterocycles. The number of rotatable bonds is 13. The Morgan fingerprint density at radius 1 is 0.933 bits per heavy atom. The Hall–Kier alpha value is -4.36. The summed E-state index contributed by atoms with van der Waals surface area (Å²) in [6.45, 7) is 11.0. The lowest BCUT2D eigenvalue weighted by atomic mass is 10.1. The molecule has 3 atom stereocenters. The lowest BCUT2D eigenvalue weighted by molar-refractivity contribution is -0.146. The maximum atomic E-state index is 15.0. The molecule has 14 heteroatoms. The second-order valence-electron chi connectivity index (χ2n) is 11.1. The first-order valence-corrected chi connectivity index (χ1v) is 14.4. The Kier molecular flexibility index (Phi) is 12.2. The SMILES string of the molecule is CCC(Oc1ccc(-c2noc(C(C)C)n2)cc1)c1nc(-c2ccc(C(=O)N[C@H](C)COC(=O)[C@@H](N)C(C)C)c(F)c2)no1.Cl. The summed E-state index contributed by atoms with van der Waals surface area (Å²) in [6.07, 6.45) is -0.0310. The number of ether oxygens (including phenoxy) is 2. The number of amides is 1. The molecule has 2 aromatic carbocycles. The second-order valence-corrected chi connectivity index (χ2v) is 11.1. The Morgan fingerprint density at radius 2 is 1.53 bits per heavy atom. The van der Waals surface area contributed by atoms with Gasteiger partial charge in [0.15, 0.2) is 6.10 Å². The van der Waals surface area contributed by atoms with Crippen LogP contribution in [0.4, 0.5) is 4.39 Å². The molecule has 45 heavy (non-hydrogen) atoms. The van der Waals surface area contributed by atoms with Gasteiger partial charge in [0, 0.05) is 17.0 Å². The first-order valence-electron chi connectivity index (χ1n) is 14.4. The summed E-state index contributed by atoms with van der Waals surface area (Å²) in [5, 5.41) is 10.6. The van der Waals surface area contributed by atoms with Crippen LogP contribution in [-0.2, 0) is 9.53 Å². The zero-order valence-electron chi connectivity index (χ0n) is 25.9. The molecule has 1 unspecified atom stereocenters. The van der Waals surface area contributed by atoms with Gasteiger partial charge < -0.3 is 29.6 Å². The van der Waals surface area contributed by atoms with Crippen molar-refractivity contribution >= 4 is 24.3 Å². The average Bonchev–Trinajstić information content (AvgIpc) is 3.69. The fraction of sp³-hybridized carbons (Fsp3) is 0.419. The van der Waals surface area contributed by atoms with Gasteiger partial charge in [0.25, 0.3) is 11.8 Å². The molecule has 0 saturated carbocycles. The van der Waals surface area contributed by atoms with E-state index in [2.05, 4.69) is 25.6 Å². The summed E-state index contributed by atoms with van der Waals surface area (Å²) >= 11 is 0. The minimum Gasteiger partial charge on any atom is -0.481 e. The van der Waals surface area contributed by atoms with E-state index in [1.165, 1.54) is 12.1 Å². The number of halogens is 2. The van der Waals surface area contributed by atoms with Crippen LogP contribution in [0.5, 0.6) is 5.75 Å². The lowest BCUT2D eigenvalue weighted by Crippen LogP contribution is -2.41. The van der Waals surface area contributed by atoms with Gasteiger partial charge >= 0.3 is 5.97 Å². The number of nitrogens with one attached hydrogen (secondary N) is 1. The third kappa shape index (κ3) is 8.85. The van der Waals surface area contributed by atoms with Gasteiger partial charge in [-0.2, -0.15) is 9.97 Å². The van der Waals surface area contributed by atoms with E-state index in [4.69, 9.17) is 24.3 Å². The van der Waals surface area contributed by atoms with Crippen LogP contribution < -0.4 is 15.8 Å². The first kappa shape index (κ1) is 35.1. The highest BCUT2D eigenvalue weighted by atomic mass is 35.5. The summed E-state index contributed by atoms with van der Waals surface area (Å²) in [5.74, 6) is 0.0263. The number of aromatic nitrogens is 4. The number of nitrogens with zero attached hydrogens (tertiary/aromatic N) is 4. The van der Waals surface area contributed by atoms with E-state index in [1.807, 2.05) is 32.9 Å². The van der Waals surface area contributed by atoms with Gasteiger partial charge in [-0.05, 0) is 55.7 Å². The zero-order chi connectivity index (χ0) is 32.0. The summed E-state index contributed by atoms with van der Waals surface area (Å²) in [6, 6.07) is 9.88. The molecule has 0 aliphatic heterocycles. The van der Waals surface area contributed by atoms with Crippen molar-refractivity contribution in [1.29, 1.82) is 0 Å². The van der Waals surface area contributed by atoms with Crippen LogP contribution >= 0.6 is 12.4 Å². The first-order chi connectivity index (χ1) is 21.0. The van der Waals surface area contributed by atoms with Crippen LogP contribution in [0.2, 0.25) is 0 Å². The van der Waals surface area contributed by atoms with Crippen molar-refractivity contribution < 1.29 is 32.5 Å². The molecule has 2 heterocycles. The number of carbonyl (C=O) groups is 2. The van der Waals surface area contributed by atoms with Crippen LogP contribution in [0.3, 0.4) is 0 Å². The number of benzene rings is 2. The largest absolute Gasteiger partial charge is 0.481 e. The normalized spacial score (nSPS) is 13.2. The Balaban J connectivity index is 0.00000552. The maximum absolute atomic E-state index is 15.0. The van der Waals surface area contributed by atoms with E-state index in [0.29, 0.717) is 29.4 Å². The van der Waals surface area contributed by atoms with Gasteiger partial charge in [-0.25, -0.2) is 4.39 Å². The smallest absolute Gasteiger partial charge is 0.323 e. The molecule has 0 radical (unpaired) electrons. The van der Waals surface area contributed by atoms with E-state index >= 15 is 0 Å². The van der Waals surface area contributed by atoms with Crippen molar-refractivity contribution in [2.24, 2.45) is 11.7 Å². The minimum absolute atomic E-state index is 0. The van der Waals surface area contributed by atoms with E-state index in [9.17, 15) is 14.0 Å². The number of nitrogens with two attached hydrogens (primary N) is 1. The molecule has 0 bridgehead atoms. The zero-order valence-corrected chi connectivity index (χ0v) is 26.8. The van der Waals surface area contributed by atoms with Crippen LogP contribution in [-0.4, -0.2) is 50.8 Å². The number of carbonyl (C=O) groups excluding carboxylic acids is 2. The highest BCUT2D eigenvalue weighted by molar-refractivity contribution is 5.95. The molecule has 0 aliphatic rings. The molecule has 4 rings (SSSR count). The van der Waals surface area contributed by atoms with Crippen molar-refractivity contribution in [3.63, 3.8) is 0 Å². The lowest BCUT2D eigenvalue weighted by Gasteiger charge is -2.18. The minimum atomic E-state index is -0.775. The molecule has 0 spiro atoms. The van der Waals surface area contributed by atoms with E-state index in [-0.39, 0.29) is 48.1 Å². The Labute approximate surface area is 266 Å². The third-order valence-electron chi connectivity index (χ3n) is 6.73. The van der Waals surface area contributed by atoms with Gasteiger partial charge in [0.1, 0.15) is 24.2 Å². The average molecular weight is 645 g/mol. The third-order valence-corrected chi connectivity index (χ3v) is 6.73. The fourth-order valence-electron chi connectivity index (χ4n) is 3.98. The number of hydrogen-bond donors (Lipinski definition) is 2. The van der Waals surface area contributed by atoms with Crippen LogP contribution in [0.15, 0.2) is 51.5 Å². The van der Waals surface area contributed by atoms with Crippen molar-refractivity contribution in [1.82, 2.24) is 25.6 Å². The second kappa shape index (κ2) is 15.6. The van der Waals surface area contributed by atoms with Gasteiger partial charge in [0.2, 0.25) is 17.5 Å². The highest BCUT2D eigenvalue weighted by Gasteiger charge is 2.23. The Morgan fingerprint density at radius 3 is 2.11 bits per heavy atom. The van der Waals surface area contributed by atoms with Gasteiger partial charge in [0.05, 0.1) is 11.6 Å². The van der Waals surface area contributed by atoms with Crippen LogP contribution in [0.25, 0.3) is 22.8 Å². The molecule has 1 amide bonds. The van der Waals surface area contributed by atoms with Gasteiger partial charge in [-0.15, -0.1) is 12.4 Å². The van der Waals surface area contributed by atoms with Crippen molar-refractivity contribution in [3.05, 3.63) is 65.6 Å². The molecule has 2 aromatic heterocycles. The summed E-state index contributed by atoms with van der Waals surface area (Å²) in [5.41, 5.74) is 6.68. The maximum Gasteiger partial charge on any atom is 0.323 e. The highest BCUT2D eigenvalue weighted by Crippen LogP contribution is 2.28. The van der Waals surface area contributed by atoms with Crippen molar-refractivity contribution in [2.45, 2.75) is 72.1 Å². The summed E-state index contributed by atoms with van der Waals surface area (Å²) in [7, 11) is 0. The molecular formula is C31H38ClFN6O6. The molecule has 4 aromatic rings. The van der Waals surface area contributed by atoms with Crippen LogP contribution in [0.1, 0.15) is 82.1 Å². The molecule has 0 aliphatic carbocycles. The molecule has 242 valence electrons. The van der Waals surface area contributed by atoms with E-state index in [0.717, 1.165) is 11.6 Å². The summed E-state index contributed by atoms with van der Waals surface area (Å²) in [4.78, 5) is 33.4. The van der Waals surface area contributed by atoms with Gasteiger partial charge in [-0.3, -0.25) is 9.59 Å². The van der Waals surface area contributed by atoms with Crippen LogP contribution in [0, 0.1) is 11.7 Å². The molecule has 0 fully saturated rings. The van der Waals surface area contributed by atoms with E-state index < -0.39 is 35.9 Å². The van der Waals surface area contributed by atoms with Crippen molar-refractivity contribution in [3.8, 4) is 28.5 Å². The fourth-order valence-corrected chi connectivity index (χ4v) is 3.98. The topological polar surface area (TPSA) is 168 Å². The number of hydrogen-bond acceptors (Lipinski definition) is 11. The van der Waals surface area contributed by atoms with Crippen molar-refractivity contribution in [2.75, 3.05) is 6.61 Å². The quantitative estimate of drug-likeness (QED) is 0.173. The molecule has 12 nitrogen and oxygen atoms in total. The number of esters is 1. The predicted octanol–water partition coefficient (Wildman–Crippen LogP) is 5.65. The van der Waals surface area contributed by atoms with E-state index in [1.54, 1.807) is 32.9 Å². The van der Waals surface area contributed by atoms with Gasteiger partial charge in [-0.1, -0.05) is 51.0 Å². The monoisotopic (exact) mass is 644 g/mol. The molecule has 3 N–H and O–H groups in total. The Bertz CT molecular complexity index is 1570.